The van der Waals surface area contributed by atoms with Crippen LogP contribution in [0, 0.1) is 22.7 Å². The van der Waals surface area contributed by atoms with Gasteiger partial charge in [-0.1, -0.05) is 83.8 Å². The van der Waals surface area contributed by atoms with Gasteiger partial charge in [0.25, 0.3) is 0 Å². The molecule has 1 aliphatic rings. The zero-order valence-electron chi connectivity index (χ0n) is 20.0. The maximum absolute atomic E-state index is 12.7. The Morgan fingerprint density at radius 1 is 0.935 bits per heavy atom. The number of hydrogen-bond donors (Lipinski definition) is 0. The van der Waals surface area contributed by atoms with E-state index < -0.39 is 0 Å². The second kappa shape index (κ2) is 14.3. The van der Waals surface area contributed by atoms with Crippen LogP contribution in [-0.2, 0) is 11.2 Å². The van der Waals surface area contributed by atoms with E-state index >= 15 is 0 Å². The Labute approximate surface area is 190 Å². The molecule has 0 N–H and O–H groups in total. The Balaban J connectivity index is 1.72. The molecule has 31 heavy (non-hydrogen) atoms. The number of nitrogens with zero attached hydrogens (tertiary/aromatic N) is 1. The van der Waals surface area contributed by atoms with Crippen molar-refractivity contribution in [2.24, 2.45) is 11.3 Å². The van der Waals surface area contributed by atoms with Gasteiger partial charge in [-0.05, 0) is 62.6 Å². The number of benzene rings is 1. The molecule has 0 atom stereocenters. The van der Waals surface area contributed by atoms with Gasteiger partial charge in [-0.15, -0.1) is 0 Å². The summed E-state index contributed by atoms with van der Waals surface area (Å²) in [6.07, 6.45) is 17.9. The number of esters is 1. The molecule has 0 aromatic heterocycles. The van der Waals surface area contributed by atoms with Crippen molar-refractivity contribution in [2.75, 3.05) is 0 Å². The van der Waals surface area contributed by atoms with Gasteiger partial charge in [-0.25, -0.2) is 0 Å². The Morgan fingerprint density at radius 3 is 2.10 bits per heavy atom. The fourth-order valence-corrected chi connectivity index (χ4v) is 4.75. The Hall–Kier alpha value is -1.82. The average Bonchev–Trinajstić information content (AvgIpc) is 2.80. The van der Waals surface area contributed by atoms with Crippen molar-refractivity contribution in [1.82, 2.24) is 0 Å². The van der Waals surface area contributed by atoms with Crippen LogP contribution in [0.15, 0.2) is 24.3 Å². The van der Waals surface area contributed by atoms with Crippen molar-refractivity contribution in [3.05, 3.63) is 29.8 Å². The van der Waals surface area contributed by atoms with Crippen LogP contribution in [0.2, 0.25) is 0 Å². The van der Waals surface area contributed by atoms with E-state index in [1.54, 1.807) is 0 Å². The molecule has 1 aromatic carbocycles. The highest BCUT2D eigenvalue weighted by Crippen LogP contribution is 2.42. The predicted octanol–water partition coefficient (Wildman–Crippen LogP) is 8.17. The number of nitriles is 1. The Morgan fingerprint density at radius 2 is 1.52 bits per heavy atom. The fraction of sp³-hybridized carbons (Fsp3) is 0.714. The van der Waals surface area contributed by atoms with E-state index in [4.69, 9.17) is 4.74 Å². The van der Waals surface area contributed by atoms with Crippen LogP contribution >= 0.6 is 0 Å². The van der Waals surface area contributed by atoms with Gasteiger partial charge in [0.2, 0.25) is 0 Å². The number of aryl methyl sites for hydroxylation is 1. The quantitative estimate of drug-likeness (QED) is 0.171. The number of carbonyl (C=O) groups is 1. The molecule has 0 heterocycles. The zero-order chi connectivity index (χ0) is 22.4. The minimum atomic E-state index is -0.220. The number of ether oxygens (including phenoxy) is 1. The predicted molar refractivity (Wildman–Crippen MR) is 128 cm³/mol. The molecule has 0 amide bonds. The van der Waals surface area contributed by atoms with Gasteiger partial charge >= 0.3 is 5.97 Å². The largest absolute Gasteiger partial charge is 0.426 e. The highest BCUT2D eigenvalue weighted by Gasteiger charge is 2.37. The molecule has 2 rings (SSSR count). The molecule has 3 nitrogen and oxygen atoms in total. The van der Waals surface area contributed by atoms with Gasteiger partial charge in [0, 0.05) is 0 Å². The monoisotopic (exact) mass is 425 g/mol. The van der Waals surface area contributed by atoms with Crippen LogP contribution in [0.25, 0.3) is 0 Å². The molecule has 0 radical (unpaired) electrons. The summed E-state index contributed by atoms with van der Waals surface area (Å²) < 4.78 is 5.67. The molecule has 0 spiro atoms. The first-order valence-corrected chi connectivity index (χ1v) is 12.8. The number of rotatable bonds is 14. The summed E-state index contributed by atoms with van der Waals surface area (Å²) in [6, 6.07) is 10.6. The third kappa shape index (κ3) is 9.06. The molecule has 1 saturated carbocycles. The highest BCUT2D eigenvalue weighted by molar-refractivity contribution is 5.75. The minimum absolute atomic E-state index is 0.0696. The molecular formula is C28H43NO2. The van der Waals surface area contributed by atoms with E-state index in [2.05, 4.69) is 32.0 Å². The molecule has 0 unspecified atom stereocenters. The summed E-state index contributed by atoms with van der Waals surface area (Å²) in [5.74, 6) is 0.453. The number of unbranched alkanes of at least 4 members (excludes halogenated alkanes) is 8. The Kier molecular flexibility index (Phi) is 11.7. The smallest absolute Gasteiger partial charge is 0.314 e. The van der Waals surface area contributed by atoms with Crippen molar-refractivity contribution in [1.29, 1.82) is 5.26 Å². The van der Waals surface area contributed by atoms with Crippen LogP contribution in [0.3, 0.4) is 0 Å². The lowest BCUT2D eigenvalue weighted by Crippen LogP contribution is -2.31. The summed E-state index contributed by atoms with van der Waals surface area (Å²) in [5.41, 5.74) is 1.09. The number of carbonyl (C=O) groups excluding carboxylic acids is 1. The first-order valence-electron chi connectivity index (χ1n) is 12.8. The maximum Gasteiger partial charge on any atom is 0.314 e. The van der Waals surface area contributed by atoms with Gasteiger partial charge in [0.05, 0.1) is 17.4 Å². The van der Waals surface area contributed by atoms with E-state index in [0.717, 1.165) is 44.9 Å². The van der Waals surface area contributed by atoms with Gasteiger partial charge in [-0.2, -0.15) is 5.26 Å². The van der Waals surface area contributed by atoms with E-state index in [9.17, 15) is 10.1 Å². The van der Waals surface area contributed by atoms with E-state index in [1.807, 2.05) is 12.1 Å². The van der Waals surface area contributed by atoms with Gasteiger partial charge in [-0.3, -0.25) is 4.79 Å². The lowest BCUT2D eigenvalue weighted by molar-refractivity contribution is -0.140. The van der Waals surface area contributed by atoms with Crippen molar-refractivity contribution >= 4 is 5.97 Å². The lowest BCUT2D eigenvalue weighted by Gasteiger charge is -2.34. The summed E-state index contributed by atoms with van der Waals surface area (Å²) in [4.78, 5) is 12.7. The van der Waals surface area contributed by atoms with Crippen molar-refractivity contribution in [2.45, 2.75) is 117 Å². The SMILES string of the molecule is CCCCCCCc1ccc(OC(=O)C2CCC(C#N)(CCCCCCC)CC2)cc1. The maximum atomic E-state index is 12.7. The van der Waals surface area contributed by atoms with Gasteiger partial charge in [0.1, 0.15) is 5.75 Å². The van der Waals surface area contributed by atoms with Crippen molar-refractivity contribution in [3.8, 4) is 11.8 Å². The Bertz CT molecular complexity index is 665. The van der Waals surface area contributed by atoms with Crippen molar-refractivity contribution < 1.29 is 9.53 Å². The summed E-state index contributed by atoms with van der Waals surface area (Å²) >= 11 is 0. The minimum Gasteiger partial charge on any atom is -0.426 e. The standard InChI is InChI=1S/C28H43NO2/c1-3-5-7-9-11-13-24-14-16-26(17-15-24)31-27(30)25-18-21-28(23-29,22-19-25)20-12-10-8-6-4-2/h14-17,25H,3-13,18-22H2,1-2H3. The first-order chi connectivity index (χ1) is 15.1. The first kappa shape index (κ1) is 25.4. The molecule has 0 bridgehead atoms. The third-order valence-electron chi connectivity index (χ3n) is 6.98. The molecule has 1 fully saturated rings. The van der Waals surface area contributed by atoms with E-state index in [0.29, 0.717) is 5.75 Å². The summed E-state index contributed by atoms with van der Waals surface area (Å²) in [5, 5.41) is 9.77. The summed E-state index contributed by atoms with van der Waals surface area (Å²) in [7, 11) is 0. The molecule has 1 aromatic rings. The topological polar surface area (TPSA) is 50.1 Å². The van der Waals surface area contributed by atoms with Crippen LogP contribution in [0.4, 0.5) is 0 Å². The second-order valence-electron chi connectivity index (χ2n) is 9.56. The molecular weight excluding hydrogens is 382 g/mol. The molecule has 0 saturated heterocycles. The van der Waals surface area contributed by atoms with Crippen molar-refractivity contribution in [3.63, 3.8) is 0 Å². The molecule has 1 aliphatic carbocycles. The lowest BCUT2D eigenvalue weighted by atomic mass is 9.69. The fourth-order valence-electron chi connectivity index (χ4n) is 4.75. The van der Waals surface area contributed by atoms with Crippen LogP contribution in [-0.4, -0.2) is 5.97 Å². The normalized spacial score (nSPS) is 20.9. The van der Waals surface area contributed by atoms with Gasteiger partial charge in [0.15, 0.2) is 0 Å². The molecule has 172 valence electrons. The molecule has 3 heteroatoms. The second-order valence-corrected chi connectivity index (χ2v) is 9.56. The van der Waals surface area contributed by atoms with Crippen LogP contribution < -0.4 is 4.74 Å². The average molecular weight is 426 g/mol. The third-order valence-corrected chi connectivity index (χ3v) is 6.98. The zero-order valence-corrected chi connectivity index (χ0v) is 20.0. The summed E-state index contributed by atoms with van der Waals surface area (Å²) in [6.45, 7) is 4.46. The van der Waals surface area contributed by atoms with Gasteiger partial charge < -0.3 is 4.74 Å². The van der Waals surface area contributed by atoms with Crippen LogP contribution in [0.1, 0.15) is 116 Å². The molecule has 0 aliphatic heterocycles. The van der Waals surface area contributed by atoms with Crippen LogP contribution in [0.5, 0.6) is 5.75 Å². The van der Waals surface area contributed by atoms with E-state index in [1.165, 1.54) is 63.4 Å². The number of hydrogen-bond acceptors (Lipinski definition) is 3. The van der Waals surface area contributed by atoms with E-state index in [-0.39, 0.29) is 17.3 Å². The highest BCUT2D eigenvalue weighted by atomic mass is 16.5.